The minimum Gasteiger partial charge on any atom is -0.395 e. The van der Waals surface area contributed by atoms with Gasteiger partial charge in [-0.05, 0) is 13.8 Å². The van der Waals surface area contributed by atoms with Gasteiger partial charge in [0.25, 0.3) is 0 Å². The van der Waals surface area contributed by atoms with Gasteiger partial charge in [-0.2, -0.15) is 0 Å². The molecule has 5 nitrogen and oxygen atoms in total. The van der Waals surface area contributed by atoms with Crippen molar-refractivity contribution in [1.29, 1.82) is 0 Å². The Morgan fingerprint density at radius 3 is 2.53 bits per heavy atom. The van der Waals surface area contributed by atoms with Crippen LogP contribution in [0, 0.1) is 0 Å². The van der Waals surface area contributed by atoms with Gasteiger partial charge in [0.15, 0.2) is 5.79 Å². The SMILES string of the molecule is COCC(CO)NC1COC(C)(C)OC1. The van der Waals surface area contributed by atoms with Crippen LogP contribution in [-0.4, -0.2) is 56.5 Å². The van der Waals surface area contributed by atoms with E-state index in [1.165, 1.54) is 0 Å². The molecule has 1 rings (SSSR count). The van der Waals surface area contributed by atoms with Crippen molar-refractivity contribution in [3.63, 3.8) is 0 Å². The van der Waals surface area contributed by atoms with E-state index >= 15 is 0 Å². The highest BCUT2D eigenvalue weighted by atomic mass is 16.7. The molecule has 5 heteroatoms. The molecule has 0 spiro atoms. The predicted molar refractivity (Wildman–Crippen MR) is 55.7 cm³/mol. The Labute approximate surface area is 90.7 Å². The number of nitrogens with one attached hydrogen (secondary N) is 1. The number of hydrogen-bond donors (Lipinski definition) is 2. The summed E-state index contributed by atoms with van der Waals surface area (Å²) < 4.78 is 16.0. The van der Waals surface area contributed by atoms with Crippen molar-refractivity contribution in [1.82, 2.24) is 5.32 Å². The summed E-state index contributed by atoms with van der Waals surface area (Å²) in [6.07, 6.45) is 0. The molecule has 1 fully saturated rings. The number of rotatable bonds is 5. The Balaban J connectivity index is 2.28. The van der Waals surface area contributed by atoms with Crippen LogP contribution in [0.15, 0.2) is 0 Å². The van der Waals surface area contributed by atoms with Crippen LogP contribution in [-0.2, 0) is 14.2 Å². The fraction of sp³-hybridized carbons (Fsp3) is 1.00. The van der Waals surface area contributed by atoms with Crippen LogP contribution in [0.2, 0.25) is 0 Å². The van der Waals surface area contributed by atoms with Crippen LogP contribution < -0.4 is 5.32 Å². The molecule has 1 aliphatic heterocycles. The van der Waals surface area contributed by atoms with Gasteiger partial charge in [0.05, 0.1) is 38.5 Å². The maximum atomic E-state index is 9.07. The summed E-state index contributed by atoms with van der Waals surface area (Å²) in [6.45, 7) is 5.49. The highest BCUT2D eigenvalue weighted by Gasteiger charge is 2.29. The molecule has 0 aromatic carbocycles. The minimum absolute atomic E-state index is 0.0493. The summed E-state index contributed by atoms with van der Waals surface area (Å²) in [6, 6.07) is 0.0544. The average molecular weight is 219 g/mol. The second-order valence-electron chi connectivity index (χ2n) is 4.22. The van der Waals surface area contributed by atoms with E-state index in [0.717, 1.165) is 0 Å². The van der Waals surface area contributed by atoms with E-state index in [0.29, 0.717) is 19.8 Å². The summed E-state index contributed by atoms with van der Waals surface area (Å²) in [5.74, 6) is -0.492. The third-order valence-corrected chi connectivity index (χ3v) is 2.32. The first kappa shape index (κ1) is 12.9. The summed E-state index contributed by atoms with van der Waals surface area (Å²) in [5, 5.41) is 12.3. The Morgan fingerprint density at radius 2 is 2.07 bits per heavy atom. The van der Waals surface area contributed by atoms with Gasteiger partial charge in [0, 0.05) is 7.11 Å². The summed E-state index contributed by atoms with van der Waals surface area (Å²) in [4.78, 5) is 0. The van der Waals surface area contributed by atoms with Gasteiger partial charge in [0.2, 0.25) is 0 Å². The van der Waals surface area contributed by atoms with Crippen molar-refractivity contribution in [3.8, 4) is 0 Å². The van der Waals surface area contributed by atoms with Crippen molar-refractivity contribution in [2.24, 2.45) is 0 Å². The first-order valence-corrected chi connectivity index (χ1v) is 5.21. The van der Waals surface area contributed by atoms with E-state index in [-0.39, 0.29) is 18.7 Å². The van der Waals surface area contributed by atoms with E-state index in [2.05, 4.69) is 5.32 Å². The zero-order valence-corrected chi connectivity index (χ0v) is 9.66. The Hall–Kier alpha value is -0.200. The average Bonchev–Trinajstić information content (AvgIpc) is 2.20. The zero-order chi connectivity index (χ0) is 11.3. The Morgan fingerprint density at radius 1 is 1.47 bits per heavy atom. The van der Waals surface area contributed by atoms with E-state index in [9.17, 15) is 0 Å². The summed E-state index contributed by atoms with van der Waals surface area (Å²) in [7, 11) is 1.61. The number of methoxy groups -OCH3 is 1. The molecule has 1 aliphatic rings. The van der Waals surface area contributed by atoms with Gasteiger partial charge in [-0.3, -0.25) is 0 Å². The van der Waals surface area contributed by atoms with Crippen LogP contribution in [0.3, 0.4) is 0 Å². The molecular formula is C10H21NO4. The minimum atomic E-state index is -0.492. The number of hydrogen-bond acceptors (Lipinski definition) is 5. The van der Waals surface area contributed by atoms with E-state index in [1.807, 2.05) is 13.8 Å². The monoisotopic (exact) mass is 219 g/mol. The Kier molecular flexibility index (Phi) is 4.95. The molecule has 0 aromatic rings. The molecule has 0 bridgehead atoms. The van der Waals surface area contributed by atoms with E-state index in [1.54, 1.807) is 7.11 Å². The van der Waals surface area contributed by atoms with Crippen LogP contribution in [0.1, 0.15) is 13.8 Å². The summed E-state index contributed by atoms with van der Waals surface area (Å²) >= 11 is 0. The second kappa shape index (κ2) is 5.77. The fourth-order valence-corrected chi connectivity index (χ4v) is 1.48. The smallest absolute Gasteiger partial charge is 0.162 e. The molecule has 1 heterocycles. The largest absolute Gasteiger partial charge is 0.395 e. The number of aliphatic hydroxyl groups is 1. The van der Waals surface area contributed by atoms with Crippen LogP contribution >= 0.6 is 0 Å². The molecule has 90 valence electrons. The highest BCUT2D eigenvalue weighted by Crippen LogP contribution is 2.17. The lowest BCUT2D eigenvalue weighted by atomic mass is 10.2. The molecule has 15 heavy (non-hydrogen) atoms. The molecule has 1 atom stereocenters. The highest BCUT2D eigenvalue weighted by molar-refractivity contribution is 4.77. The van der Waals surface area contributed by atoms with Crippen molar-refractivity contribution in [3.05, 3.63) is 0 Å². The molecular weight excluding hydrogens is 198 g/mol. The topological polar surface area (TPSA) is 60.0 Å². The fourth-order valence-electron chi connectivity index (χ4n) is 1.48. The lowest BCUT2D eigenvalue weighted by Gasteiger charge is -2.36. The molecule has 1 saturated heterocycles. The van der Waals surface area contributed by atoms with Crippen LogP contribution in [0.4, 0.5) is 0 Å². The standard InChI is InChI=1S/C10H21NO4/c1-10(2)14-6-9(7-15-10)11-8(4-12)5-13-3/h8-9,11-12H,4-7H2,1-3H3. The first-order chi connectivity index (χ1) is 7.07. The third-order valence-electron chi connectivity index (χ3n) is 2.32. The lowest BCUT2D eigenvalue weighted by molar-refractivity contribution is -0.253. The normalized spacial score (nSPS) is 24.0. The first-order valence-electron chi connectivity index (χ1n) is 5.21. The molecule has 1 unspecified atom stereocenters. The lowest BCUT2D eigenvalue weighted by Crippen LogP contribution is -2.53. The molecule has 0 aliphatic carbocycles. The number of ether oxygens (including phenoxy) is 3. The van der Waals surface area contributed by atoms with Gasteiger partial charge in [0.1, 0.15) is 0 Å². The van der Waals surface area contributed by atoms with Crippen molar-refractivity contribution >= 4 is 0 Å². The van der Waals surface area contributed by atoms with Gasteiger partial charge >= 0.3 is 0 Å². The third kappa shape index (κ3) is 4.44. The van der Waals surface area contributed by atoms with Crippen molar-refractivity contribution in [2.75, 3.05) is 33.5 Å². The predicted octanol–water partition coefficient (Wildman–Crippen LogP) is -0.265. The van der Waals surface area contributed by atoms with Crippen molar-refractivity contribution in [2.45, 2.75) is 31.7 Å². The maximum absolute atomic E-state index is 9.07. The molecule has 0 radical (unpaired) electrons. The molecule has 0 saturated carbocycles. The maximum Gasteiger partial charge on any atom is 0.162 e. The van der Waals surface area contributed by atoms with Gasteiger partial charge in [-0.25, -0.2) is 0 Å². The Bertz CT molecular complexity index is 176. The molecule has 2 N–H and O–H groups in total. The van der Waals surface area contributed by atoms with Gasteiger partial charge < -0.3 is 24.6 Å². The van der Waals surface area contributed by atoms with Crippen molar-refractivity contribution < 1.29 is 19.3 Å². The number of aliphatic hydroxyl groups excluding tert-OH is 1. The quantitative estimate of drug-likeness (QED) is 0.667. The van der Waals surface area contributed by atoms with Gasteiger partial charge in [-0.15, -0.1) is 0 Å². The van der Waals surface area contributed by atoms with Crippen LogP contribution in [0.5, 0.6) is 0 Å². The molecule has 0 aromatic heterocycles. The van der Waals surface area contributed by atoms with E-state index in [4.69, 9.17) is 19.3 Å². The van der Waals surface area contributed by atoms with E-state index < -0.39 is 5.79 Å². The second-order valence-corrected chi connectivity index (χ2v) is 4.22. The zero-order valence-electron chi connectivity index (χ0n) is 9.66. The van der Waals surface area contributed by atoms with Gasteiger partial charge in [-0.1, -0.05) is 0 Å². The summed E-state index contributed by atoms with van der Waals surface area (Å²) in [5.41, 5.74) is 0. The van der Waals surface area contributed by atoms with Crippen LogP contribution in [0.25, 0.3) is 0 Å². The molecule has 0 amide bonds.